The van der Waals surface area contributed by atoms with E-state index in [1.807, 2.05) is 0 Å². The topological polar surface area (TPSA) is 113 Å². The number of nitrogen functional groups attached to an aromatic ring is 1. The fourth-order valence-corrected chi connectivity index (χ4v) is 1.53. The second-order valence-corrected chi connectivity index (χ2v) is 3.99. The van der Waals surface area contributed by atoms with E-state index < -0.39 is 37.1 Å². The van der Waals surface area contributed by atoms with Crippen molar-refractivity contribution in [3.05, 3.63) is 29.8 Å². The number of para-hydroxylation sites is 1. The van der Waals surface area contributed by atoms with Crippen molar-refractivity contribution in [3.63, 3.8) is 0 Å². The van der Waals surface area contributed by atoms with Crippen LogP contribution in [0, 0.1) is 0 Å². The van der Waals surface area contributed by atoms with E-state index in [2.05, 4.69) is 5.32 Å². The lowest BCUT2D eigenvalue weighted by Gasteiger charge is -2.20. The zero-order chi connectivity index (χ0) is 14.4. The van der Waals surface area contributed by atoms with Crippen LogP contribution in [-0.2, 0) is 4.79 Å². The fourth-order valence-electron chi connectivity index (χ4n) is 1.53. The van der Waals surface area contributed by atoms with Crippen molar-refractivity contribution < 1.29 is 24.2 Å². The van der Waals surface area contributed by atoms with Gasteiger partial charge in [0, 0.05) is 5.69 Å². The highest BCUT2D eigenvalue weighted by atomic mass is 19.1. The first-order valence-electron chi connectivity index (χ1n) is 5.57. The molecule has 1 aromatic rings. The third-order valence-electron chi connectivity index (χ3n) is 2.54. The Hall–Kier alpha value is -2.15. The van der Waals surface area contributed by atoms with Crippen LogP contribution in [-0.4, -0.2) is 40.9 Å². The Labute approximate surface area is 109 Å². The van der Waals surface area contributed by atoms with Crippen molar-refractivity contribution in [3.8, 4) is 0 Å². The zero-order valence-corrected chi connectivity index (χ0v) is 10.0. The summed E-state index contributed by atoms with van der Waals surface area (Å²) < 4.78 is 12.4. The van der Waals surface area contributed by atoms with Crippen molar-refractivity contribution in [1.29, 1.82) is 0 Å². The molecule has 104 valence electrons. The van der Waals surface area contributed by atoms with Crippen LogP contribution >= 0.6 is 0 Å². The summed E-state index contributed by atoms with van der Waals surface area (Å²) in [5.74, 6) is -1.91. The van der Waals surface area contributed by atoms with Crippen molar-refractivity contribution in [1.82, 2.24) is 5.32 Å². The lowest BCUT2D eigenvalue weighted by atomic mass is 10.1. The number of benzene rings is 1. The maximum atomic E-state index is 12.4. The third kappa shape index (κ3) is 4.22. The maximum absolute atomic E-state index is 12.4. The number of alkyl halides is 1. The Morgan fingerprint density at radius 3 is 2.53 bits per heavy atom. The van der Waals surface area contributed by atoms with Gasteiger partial charge in [-0.15, -0.1) is 0 Å². The SMILES string of the molecule is Nc1ccccc1C(=O)NC(CC(=O)O)C(O)CF. The predicted octanol–water partition coefficient (Wildman–Crippen LogP) is 0.172. The molecule has 0 saturated carbocycles. The normalized spacial score (nSPS) is 13.6. The van der Waals surface area contributed by atoms with Gasteiger partial charge in [0.1, 0.15) is 12.8 Å². The van der Waals surface area contributed by atoms with Gasteiger partial charge in [0.25, 0.3) is 5.91 Å². The number of hydrogen-bond donors (Lipinski definition) is 4. The van der Waals surface area contributed by atoms with Crippen LogP contribution in [0.15, 0.2) is 24.3 Å². The molecule has 0 bridgehead atoms. The van der Waals surface area contributed by atoms with Crippen LogP contribution in [0.3, 0.4) is 0 Å². The maximum Gasteiger partial charge on any atom is 0.305 e. The molecule has 0 spiro atoms. The van der Waals surface area contributed by atoms with Gasteiger partial charge in [0.05, 0.1) is 18.0 Å². The standard InChI is InChI=1S/C12H15FN2O4/c13-6-10(16)9(5-11(17)18)15-12(19)7-3-1-2-4-8(7)14/h1-4,9-10,16H,5-6,14H2,(H,15,19)(H,17,18). The Morgan fingerprint density at radius 1 is 1.37 bits per heavy atom. The second kappa shape index (κ2) is 6.69. The van der Waals surface area contributed by atoms with Gasteiger partial charge in [-0.3, -0.25) is 9.59 Å². The zero-order valence-electron chi connectivity index (χ0n) is 10.0. The molecular weight excluding hydrogens is 255 g/mol. The minimum atomic E-state index is -1.58. The molecule has 0 radical (unpaired) electrons. The molecule has 19 heavy (non-hydrogen) atoms. The molecule has 2 unspecified atom stereocenters. The first-order valence-corrected chi connectivity index (χ1v) is 5.57. The minimum Gasteiger partial charge on any atom is -0.481 e. The molecule has 0 heterocycles. The lowest BCUT2D eigenvalue weighted by Crippen LogP contribution is -2.45. The Kier molecular flexibility index (Phi) is 5.25. The average molecular weight is 270 g/mol. The van der Waals surface area contributed by atoms with Crippen LogP contribution in [0.4, 0.5) is 10.1 Å². The van der Waals surface area contributed by atoms with E-state index in [0.29, 0.717) is 0 Å². The minimum absolute atomic E-state index is 0.143. The van der Waals surface area contributed by atoms with Gasteiger partial charge in [0.2, 0.25) is 0 Å². The van der Waals surface area contributed by atoms with E-state index in [4.69, 9.17) is 10.8 Å². The summed E-state index contributed by atoms with van der Waals surface area (Å²) in [5, 5.41) is 20.3. The van der Waals surface area contributed by atoms with E-state index in [-0.39, 0.29) is 11.3 Å². The predicted molar refractivity (Wildman–Crippen MR) is 66.3 cm³/mol. The first kappa shape index (κ1) is 14.9. The molecule has 0 saturated heterocycles. The third-order valence-corrected chi connectivity index (χ3v) is 2.54. The fraction of sp³-hybridized carbons (Fsp3) is 0.333. The quantitative estimate of drug-likeness (QED) is 0.550. The number of carboxylic acid groups (broad SMARTS) is 1. The molecule has 1 amide bonds. The lowest BCUT2D eigenvalue weighted by molar-refractivity contribution is -0.138. The second-order valence-electron chi connectivity index (χ2n) is 3.99. The Morgan fingerprint density at radius 2 is 2.00 bits per heavy atom. The number of aliphatic carboxylic acids is 1. The summed E-state index contributed by atoms with van der Waals surface area (Å²) >= 11 is 0. The van der Waals surface area contributed by atoms with Crippen LogP contribution in [0.5, 0.6) is 0 Å². The number of aliphatic hydroxyl groups is 1. The average Bonchev–Trinajstić information content (AvgIpc) is 2.36. The van der Waals surface area contributed by atoms with Crippen LogP contribution in [0.25, 0.3) is 0 Å². The van der Waals surface area contributed by atoms with E-state index in [1.54, 1.807) is 12.1 Å². The highest BCUT2D eigenvalue weighted by Crippen LogP contribution is 2.11. The molecule has 1 rings (SSSR count). The molecule has 1 aromatic carbocycles. The summed E-state index contributed by atoms with van der Waals surface area (Å²) in [6.07, 6.45) is -2.16. The van der Waals surface area contributed by atoms with E-state index >= 15 is 0 Å². The number of nitrogens with two attached hydrogens (primary N) is 1. The summed E-state index contributed by atoms with van der Waals surface area (Å²) in [6, 6.07) is 4.96. The Balaban J connectivity index is 2.82. The summed E-state index contributed by atoms with van der Waals surface area (Å²) in [5.41, 5.74) is 5.95. The van der Waals surface area contributed by atoms with Crippen molar-refractivity contribution in [2.24, 2.45) is 0 Å². The molecule has 5 N–H and O–H groups in total. The van der Waals surface area contributed by atoms with Crippen LogP contribution in [0.1, 0.15) is 16.8 Å². The summed E-state index contributed by atoms with van der Waals surface area (Å²) in [7, 11) is 0. The number of carbonyl (C=O) groups is 2. The number of rotatable bonds is 6. The van der Waals surface area contributed by atoms with E-state index in [0.717, 1.165) is 0 Å². The number of halogens is 1. The molecule has 2 atom stereocenters. The molecule has 7 heteroatoms. The molecule has 0 aromatic heterocycles. The number of nitrogens with one attached hydrogen (secondary N) is 1. The summed E-state index contributed by atoms with van der Waals surface area (Å²) in [4.78, 5) is 22.5. The van der Waals surface area contributed by atoms with Crippen molar-refractivity contribution in [2.75, 3.05) is 12.4 Å². The van der Waals surface area contributed by atoms with Crippen molar-refractivity contribution >= 4 is 17.6 Å². The number of carbonyl (C=O) groups excluding carboxylic acids is 1. The number of amides is 1. The number of anilines is 1. The van der Waals surface area contributed by atoms with E-state index in [9.17, 15) is 19.1 Å². The molecule has 0 aliphatic rings. The molecule has 0 fully saturated rings. The number of aliphatic hydroxyl groups excluding tert-OH is 1. The highest BCUT2D eigenvalue weighted by molar-refractivity contribution is 5.99. The van der Waals surface area contributed by atoms with Gasteiger partial charge in [-0.1, -0.05) is 12.1 Å². The van der Waals surface area contributed by atoms with Gasteiger partial charge in [0.15, 0.2) is 0 Å². The number of carboxylic acids is 1. The molecular formula is C12H15FN2O4. The van der Waals surface area contributed by atoms with Crippen LogP contribution in [0.2, 0.25) is 0 Å². The summed E-state index contributed by atoms with van der Waals surface area (Å²) in [6.45, 7) is -1.15. The van der Waals surface area contributed by atoms with E-state index in [1.165, 1.54) is 12.1 Å². The Bertz CT molecular complexity index is 467. The van der Waals surface area contributed by atoms with Gasteiger partial charge < -0.3 is 21.3 Å². The monoisotopic (exact) mass is 270 g/mol. The number of hydrogen-bond acceptors (Lipinski definition) is 4. The first-order chi connectivity index (χ1) is 8.95. The molecule has 0 aliphatic heterocycles. The van der Waals surface area contributed by atoms with Gasteiger partial charge in [-0.25, -0.2) is 4.39 Å². The smallest absolute Gasteiger partial charge is 0.305 e. The largest absolute Gasteiger partial charge is 0.481 e. The van der Waals surface area contributed by atoms with Gasteiger partial charge in [-0.2, -0.15) is 0 Å². The van der Waals surface area contributed by atoms with Gasteiger partial charge >= 0.3 is 5.97 Å². The molecule has 6 nitrogen and oxygen atoms in total. The van der Waals surface area contributed by atoms with Gasteiger partial charge in [-0.05, 0) is 12.1 Å². The van der Waals surface area contributed by atoms with Crippen molar-refractivity contribution in [2.45, 2.75) is 18.6 Å². The highest BCUT2D eigenvalue weighted by Gasteiger charge is 2.25. The van der Waals surface area contributed by atoms with Crippen LogP contribution < -0.4 is 11.1 Å². The molecule has 0 aliphatic carbocycles.